The number of nitrogens with one attached hydrogen (secondary N) is 2. The van der Waals surface area contributed by atoms with E-state index in [1.165, 1.54) is 6.20 Å². The third-order valence-electron chi connectivity index (χ3n) is 5.05. The van der Waals surface area contributed by atoms with E-state index in [-0.39, 0.29) is 38.2 Å². The molecule has 0 spiro atoms. The van der Waals surface area contributed by atoms with Crippen molar-refractivity contribution in [3.63, 3.8) is 0 Å². The molecule has 160 valence electrons. The number of carboxylic acid groups (broad SMARTS) is 2. The molecule has 11 nitrogen and oxygen atoms in total. The second-order valence-electron chi connectivity index (χ2n) is 7.32. The van der Waals surface area contributed by atoms with E-state index in [1.54, 1.807) is 0 Å². The van der Waals surface area contributed by atoms with Gasteiger partial charge in [-0.15, -0.1) is 0 Å². The Bertz CT molecular complexity index is 773. The fourth-order valence-corrected chi connectivity index (χ4v) is 3.53. The number of hydrogen-bond donors (Lipinski definition) is 6. The lowest BCUT2D eigenvalue weighted by atomic mass is 9.76. The number of carbonyl (C=O) groups is 3. The quantitative estimate of drug-likeness (QED) is 0.307. The van der Waals surface area contributed by atoms with Crippen LogP contribution in [0.2, 0.25) is 0 Å². The lowest BCUT2D eigenvalue weighted by Crippen LogP contribution is -2.51. The molecule has 1 aromatic heterocycles. The van der Waals surface area contributed by atoms with Crippen LogP contribution in [-0.4, -0.2) is 61.3 Å². The zero-order chi connectivity index (χ0) is 21.6. The topological polar surface area (TPSA) is 188 Å². The summed E-state index contributed by atoms with van der Waals surface area (Å²) >= 11 is 0. The fraction of sp³-hybridized carbons (Fsp3) is 0.611. The van der Waals surface area contributed by atoms with E-state index < -0.39 is 35.4 Å². The van der Waals surface area contributed by atoms with Gasteiger partial charge in [0.1, 0.15) is 11.9 Å². The van der Waals surface area contributed by atoms with Gasteiger partial charge in [-0.1, -0.05) is 13.3 Å². The number of amides is 1. The van der Waals surface area contributed by atoms with Crippen LogP contribution in [0.4, 0.5) is 11.8 Å². The average molecular weight is 409 g/mol. The second-order valence-corrected chi connectivity index (χ2v) is 7.32. The van der Waals surface area contributed by atoms with Crippen molar-refractivity contribution in [2.45, 2.75) is 57.1 Å². The van der Waals surface area contributed by atoms with Crippen molar-refractivity contribution in [2.24, 2.45) is 5.92 Å². The summed E-state index contributed by atoms with van der Waals surface area (Å²) < 4.78 is 0. The molecular weight excluding hydrogens is 382 g/mol. The molecule has 0 radical (unpaired) electrons. The summed E-state index contributed by atoms with van der Waals surface area (Å²) in [6.45, 7) is 2.09. The Labute approximate surface area is 167 Å². The molecule has 0 bridgehead atoms. The standard InChI is InChI=1S/C18H27N5O6/c1-2-3-11(6-13(24)22-12(16(27)28)4-5-14(25)26)18(29)7-10-8-20-17(19)23-15(10)21-9-18/h8,11-12,29H,2-7,9H2,1H3,(H,22,24)(H,25,26)(H,27,28)(H3,19,20,21,23)/t11?,12-,18?/m0/s1. The van der Waals surface area contributed by atoms with E-state index in [0.29, 0.717) is 24.2 Å². The molecule has 0 saturated heterocycles. The number of nitrogens with zero attached hydrogens (tertiary/aromatic N) is 2. The lowest BCUT2D eigenvalue weighted by Gasteiger charge is -2.40. The smallest absolute Gasteiger partial charge is 0.326 e. The Hall–Kier alpha value is -2.95. The minimum absolute atomic E-state index is 0.0893. The molecule has 0 fully saturated rings. The summed E-state index contributed by atoms with van der Waals surface area (Å²) in [4.78, 5) is 42.5. The molecule has 0 saturated carbocycles. The minimum atomic E-state index is -1.30. The molecule has 1 aliphatic rings. The van der Waals surface area contributed by atoms with Crippen molar-refractivity contribution in [1.82, 2.24) is 15.3 Å². The molecule has 1 amide bonds. The number of carboxylic acids is 2. The molecule has 7 N–H and O–H groups in total. The minimum Gasteiger partial charge on any atom is -0.481 e. The van der Waals surface area contributed by atoms with E-state index in [4.69, 9.17) is 10.8 Å². The van der Waals surface area contributed by atoms with Crippen LogP contribution in [0.25, 0.3) is 0 Å². The number of nitrogen functional groups attached to an aromatic ring is 1. The van der Waals surface area contributed by atoms with Gasteiger partial charge in [0.2, 0.25) is 11.9 Å². The molecule has 29 heavy (non-hydrogen) atoms. The fourth-order valence-electron chi connectivity index (χ4n) is 3.53. The van der Waals surface area contributed by atoms with Gasteiger partial charge in [-0.05, 0) is 18.8 Å². The average Bonchev–Trinajstić information content (AvgIpc) is 2.64. The molecule has 11 heteroatoms. The summed E-state index contributed by atoms with van der Waals surface area (Å²) in [5.74, 6) is -2.77. The molecular formula is C18H27N5O6. The first-order valence-electron chi connectivity index (χ1n) is 9.46. The van der Waals surface area contributed by atoms with E-state index in [1.807, 2.05) is 6.92 Å². The predicted molar refractivity (Wildman–Crippen MR) is 103 cm³/mol. The molecule has 1 aromatic rings. The van der Waals surface area contributed by atoms with Crippen molar-refractivity contribution in [2.75, 3.05) is 17.6 Å². The van der Waals surface area contributed by atoms with E-state index in [2.05, 4.69) is 20.6 Å². The summed E-state index contributed by atoms with van der Waals surface area (Å²) in [6, 6.07) is -1.29. The first kappa shape index (κ1) is 22.3. The van der Waals surface area contributed by atoms with Crippen LogP contribution in [0.15, 0.2) is 6.20 Å². The molecule has 0 aromatic carbocycles. The maximum Gasteiger partial charge on any atom is 0.326 e. The molecule has 2 heterocycles. The number of hydrogen-bond acceptors (Lipinski definition) is 8. The van der Waals surface area contributed by atoms with Crippen molar-refractivity contribution in [3.8, 4) is 0 Å². The van der Waals surface area contributed by atoms with Gasteiger partial charge in [0.05, 0.1) is 5.60 Å². The van der Waals surface area contributed by atoms with Gasteiger partial charge in [-0.25, -0.2) is 9.78 Å². The van der Waals surface area contributed by atoms with Crippen LogP contribution < -0.4 is 16.4 Å². The number of nitrogens with two attached hydrogens (primary N) is 1. The highest BCUT2D eigenvalue weighted by Gasteiger charge is 2.41. The number of carbonyl (C=O) groups excluding carboxylic acids is 1. The Morgan fingerprint density at radius 3 is 2.69 bits per heavy atom. The lowest BCUT2D eigenvalue weighted by molar-refractivity contribution is -0.143. The van der Waals surface area contributed by atoms with Crippen LogP contribution in [0.3, 0.4) is 0 Å². The van der Waals surface area contributed by atoms with Crippen molar-refractivity contribution in [3.05, 3.63) is 11.8 Å². The first-order chi connectivity index (χ1) is 13.6. The number of aromatic nitrogens is 2. The number of anilines is 2. The zero-order valence-electron chi connectivity index (χ0n) is 16.2. The number of rotatable bonds is 10. The zero-order valence-corrected chi connectivity index (χ0v) is 16.2. The Morgan fingerprint density at radius 1 is 1.34 bits per heavy atom. The van der Waals surface area contributed by atoms with Crippen LogP contribution in [0, 0.1) is 5.92 Å². The Kier molecular flexibility index (Phi) is 7.32. The summed E-state index contributed by atoms with van der Waals surface area (Å²) in [5, 5.41) is 34.6. The highest BCUT2D eigenvalue weighted by Crippen LogP contribution is 2.34. The van der Waals surface area contributed by atoms with E-state index in [0.717, 1.165) is 0 Å². The van der Waals surface area contributed by atoms with Crippen LogP contribution >= 0.6 is 0 Å². The summed E-state index contributed by atoms with van der Waals surface area (Å²) in [7, 11) is 0. The Morgan fingerprint density at radius 2 is 2.07 bits per heavy atom. The van der Waals surface area contributed by atoms with Crippen LogP contribution in [-0.2, 0) is 20.8 Å². The van der Waals surface area contributed by atoms with E-state index >= 15 is 0 Å². The van der Waals surface area contributed by atoms with Crippen LogP contribution in [0.5, 0.6) is 0 Å². The maximum atomic E-state index is 12.5. The van der Waals surface area contributed by atoms with Crippen molar-refractivity contribution < 1.29 is 29.7 Å². The molecule has 1 aliphatic heterocycles. The predicted octanol–water partition coefficient (Wildman–Crippen LogP) is -0.00150. The Balaban J connectivity index is 2.08. The van der Waals surface area contributed by atoms with E-state index in [9.17, 15) is 24.6 Å². The number of aliphatic hydroxyl groups is 1. The number of β-amino-alcohol motifs (C(OH)–C–C–N with tert-alkyl or cyclic N) is 1. The second kappa shape index (κ2) is 9.50. The maximum absolute atomic E-state index is 12.5. The molecule has 0 aliphatic carbocycles. The van der Waals surface area contributed by atoms with Gasteiger partial charge in [0.25, 0.3) is 0 Å². The van der Waals surface area contributed by atoms with Gasteiger partial charge >= 0.3 is 11.9 Å². The van der Waals surface area contributed by atoms with Gasteiger partial charge in [0, 0.05) is 37.6 Å². The monoisotopic (exact) mass is 409 g/mol. The van der Waals surface area contributed by atoms with Gasteiger partial charge in [-0.2, -0.15) is 4.98 Å². The van der Waals surface area contributed by atoms with Gasteiger partial charge in [0.15, 0.2) is 0 Å². The van der Waals surface area contributed by atoms with Crippen molar-refractivity contribution >= 4 is 29.6 Å². The summed E-state index contributed by atoms with van der Waals surface area (Å²) in [5.41, 5.74) is 5.00. The van der Waals surface area contributed by atoms with Crippen LogP contribution in [0.1, 0.15) is 44.6 Å². The number of aliphatic carboxylic acids is 2. The normalized spacial score (nSPS) is 20.1. The molecule has 2 rings (SSSR count). The van der Waals surface area contributed by atoms with Crippen molar-refractivity contribution in [1.29, 1.82) is 0 Å². The first-order valence-corrected chi connectivity index (χ1v) is 9.46. The third-order valence-corrected chi connectivity index (χ3v) is 5.05. The SMILES string of the molecule is CCCC(CC(=O)N[C@@H](CCC(=O)O)C(=O)O)C1(O)CNc2nc(N)ncc2C1. The highest BCUT2D eigenvalue weighted by molar-refractivity contribution is 5.84. The largest absolute Gasteiger partial charge is 0.481 e. The van der Waals surface area contributed by atoms with Gasteiger partial charge < -0.3 is 31.7 Å². The third kappa shape index (κ3) is 6.01. The number of fused-ring (bicyclic) bond motifs is 1. The summed E-state index contributed by atoms with van der Waals surface area (Å²) in [6.07, 6.45) is 2.35. The molecule has 2 unspecified atom stereocenters. The van der Waals surface area contributed by atoms with Gasteiger partial charge in [-0.3, -0.25) is 9.59 Å². The molecule has 3 atom stereocenters. The highest BCUT2D eigenvalue weighted by atomic mass is 16.4.